The van der Waals surface area contributed by atoms with E-state index in [0.717, 1.165) is 26.1 Å². The van der Waals surface area contributed by atoms with Gasteiger partial charge in [-0.05, 0) is 26.4 Å². The quantitative estimate of drug-likeness (QED) is 0.683. The topological polar surface area (TPSA) is 67.6 Å². The molecule has 0 aromatic heterocycles. The lowest BCUT2D eigenvalue weighted by Crippen LogP contribution is -2.51. The minimum atomic E-state index is -0.568. The van der Waals surface area contributed by atoms with Crippen LogP contribution in [0.25, 0.3) is 0 Å². The van der Waals surface area contributed by atoms with Gasteiger partial charge in [0, 0.05) is 19.1 Å². The Hall–Kier alpha value is -0.650. The molecule has 0 saturated carbocycles. The van der Waals surface area contributed by atoms with Gasteiger partial charge in [-0.2, -0.15) is 0 Å². The van der Waals surface area contributed by atoms with Crippen molar-refractivity contribution in [2.75, 3.05) is 39.4 Å². The van der Waals surface area contributed by atoms with Crippen LogP contribution in [0.4, 0.5) is 0 Å². The number of ether oxygens (including phenoxy) is 1. The molecule has 1 heterocycles. The van der Waals surface area contributed by atoms with Crippen LogP contribution in [0, 0.1) is 5.41 Å². The van der Waals surface area contributed by atoms with Crippen molar-refractivity contribution in [3.63, 3.8) is 0 Å². The molecule has 18 heavy (non-hydrogen) atoms. The number of likely N-dealkylation sites (N-methyl/N-ethyl adjacent to an activating group) is 1. The molecular weight excluding hydrogens is 230 g/mol. The van der Waals surface area contributed by atoms with Gasteiger partial charge in [-0.3, -0.25) is 4.79 Å². The number of nitrogens with one attached hydrogen (secondary N) is 1. The Bertz CT molecular complexity index is 273. The van der Waals surface area contributed by atoms with Crippen molar-refractivity contribution in [2.24, 2.45) is 11.1 Å². The van der Waals surface area contributed by atoms with Crippen LogP contribution >= 0.6 is 0 Å². The van der Waals surface area contributed by atoms with E-state index in [0.29, 0.717) is 19.8 Å². The zero-order chi connectivity index (χ0) is 13.6. The van der Waals surface area contributed by atoms with Crippen LogP contribution in [0.15, 0.2) is 0 Å². The van der Waals surface area contributed by atoms with Gasteiger partial charge in [0.1, 0.15) is 0 Å². The normalized spacial score (nSPS) is 27.7. The van der Waals surface area contributed by atoms with E-state index in [4.69, 9.17) is 10.5 Å². The molecule has 106 valence electrons. The molecule has 2 atom stereocenters. The molecule has 1 fully saturated rings. The number of nitrogens with two attached hydrogens (primary N) is 1. The number of hydrogen-bond donors (Lipinski definition) is 2. The maximum Gasteiger partial charge on any atom is 0.229 e. The van der Waals surface area contributed by atoms with E-state index >= 15 is 0 Å². The third-order valence-corrected chi connectivity index (χ3v) is 3.74. The summed E-state index contributed by atoms with van der Waals surface area (Å²) >= 11 is 0. The van der Waals surface area contributed by atoms with Crippen LogP contribution in [0.2, 0.25) is 0 Å². The summed E-state index contributed by atoms with van der Waals surface area (Å²) in [5.74, 6) is 0.0139. The molecule has 0 aliphatic carbocycles. The number of amides is 1. The molecule has 3 N–H and O–H groups in total. The van der Waals surface area contributed by atoms with Gasteiger partial charge in [-0.25, -0.2) is 0 Å². The minimum Gasteiger partial charge on any atom is -0.379 e. The predicted octanol–water partition coefficient (Wildman–Crippen LogP) is 0.198. The number of rotatable bonds is 7. The molecule has 5 heteroatoms. The summed E-state index contributed by atoms with van der Waals surface area (Å²) in [5.41, 5.74) is 5.36. The van der Waals surface area contributed by atoms with Crippen LogP contribution in [0.5, 0.6) is 0 Å². The highest BCUT2D eigenvalue weighted by Gasteiger charge is 2.44. The first-order valence-electron chi connectivity index (χ1n) is 6.88. The average Bonchev–Trinajstić information content (AvgIpc) is 2.69. The predicted molar refractivity (Wildman–Crippen MR) is 72.3 cm³/mol. The van der Waals surface area contributed by atoms with E-state index in [9.17, 15) is 4.79 Å². The molecule has 5 nitrogen and oxygen atoms in total. The van der Waals surface area contributed by atoms with Crippen LogP contribution in [-0.2, 0) is 9.53 Å². The van der Waals surface area contributed by atoms with Gasteiger partial charge in [0.2, 0.25) is 5.91 Å². The summed E-state index contributed by atoms with van der Waals surface area (Å²) < 4.78 is 5.28. The molecular formula is C13H27N3O2. The molecule has 1 amide bonds. The second-order valence-corrected chi connectivity index (χ2v) is 5.23. The van der Waals surface area contributed by atoms with E-state index in [1.54, 1.807) is 0 Å². The van der Waals surface area contributed by atoms with Gasteiger partial charge in [-0.15, -0.1) is 0 Å². The lowest BCUT2D eigenvalue weighted by atomic mass is 9.85. The van der Waals surface area contributed by atoms with E-state index in [2.05, 4.69) is 24.1 Å². The summed E-state index contributed by atoms with van der Waals surface area (Å²) in [6.07, 6.45) is 1.14. The lowest BCUT2D eigenvalue weighted by Gasteiger charge is -2.26. The Morgan fingerprint density at radius 2 is 2.22 bits per heavy atom. The monoisotopic (exact) mass is 257 g/mol. The fourth-order valence-corrected chi connectivity index (χ4v) is 2.20. The lowest BCUT2D eigenvalue weighted by molar-refractivity contribution is -0.130. The van der Waals surface area contributed by atoms with Gasteiger partial charge < -0.3 is 20.7 Å². The van der Waals surface area contributed by atoms with Gasteiger partial charge in [0.15, 0.2) is 0 Å². The number of carbonyl (C=O) groups excluding carboxylic acids is 1. The van der Waals surface area contributed by atoms with E-state index < -0.39 is 5.41 Å². The second kappa shape index (κ2) is 7.07. The molecule has 2 unspecified atom stereocenters. The van der Waals surface area contributed by atoms with Crippen LogP contribution in [0.3, 0.4) is 0 Å². The van der Waals surface area contributed by atoms with Crippen LogP contribution in [0.1, 0.15) is 27.2 Å². The third kappa shape index (κ3) is 3.67. The minimum absolute atomic E-state index is 0.0139. The van der Waals surface area contributed by atoms with Crippen molar-refractivity contribution in [3.8, 4) is 0 Å². The Balaban J connectivity index is 2.32. The fraction of sp³-hybridized carbons (Fsp3) is 0.923. The molecule has 0 aromatic carbocycles. The van der Waals surface area contributed by atoms with Crippen molar-refractivity contribution >= 4 is 5.91 Å². The molecule has 0 aromatic rings. The number of carbonyl (C=O) groups is 1. The Morgan fingerprint density at radius 1 is 1.50 bits per heavy atom. The van der Waals surface area contributed by atoms with Gasteiger partial charge in [0.25, 0.3) is 0 Å². The second-order valence-electron chi connectivity index (χ2n) is 5.23. The zero-order valence-electron chi connectivity index (χ0n) is 11.9. The Kier molecular flexibility index (Phi) is 6.05. The zero-order valence-corrected chi connectivity index (χ0v) is 11.9. The van der Waals surface area contributed by atoms with Gasteiger partial charge >= 0.3 is 0 Å². The van der Waals surface area contributed by atoms with Crippen LogP contribution < -0.4 is 11.1 Å². The third-order valence-electron chi connectivity index (χ3n) is 3.74. The SMILES string of the molecule is CCCN(CC)CCNC(=O)C1(C)COCC1N. The molecule has 0 spiro atoms. The van der Waals surface area contributed by atoms with Crippen molar-refractivity contribution in [3.05, 3.63) is 0 Å². The standard InChI is InChI=1S/C13H27N3O2/c1-4-7-16(5-2)8-6-15-12(17)13(3)10-18-9-11(13)14/h11H,4-10,14H2,1-3H3,(H,15,17). The average molecular weight is 257 g/mol. The first-order valence-corrected chi connectivity index (χ1v) is 6.88. The van der Waals surface area contributed by atoms with Gasteiger partial charge in [0.05, 0.1) is 18.6 Å². The smallest absolute Gasteiger partial charge is 0.229 e. The maximum absolute atomic E-state index is 12.1. The molecule has 1 saturated heterocycles. The van der Waals surface area contributed by atoms with Gasteiger partial charge in [-0.1, -0.05) is 13.8 Å². The highest BCUT2D eigenvalue weighted by molar-refractivity contribution is 5.83. The van der Waals surface area contributed by atoms with Crippen molar-refractivity contribution in [1.82, 2.24) is 10.2 Å². The molecule has 0 bridgehead atoms. The largest absolute Gasteiger partial charge is 0.379 e. The van der Waals surface area contributed by atoms with Crippen molar-refractivity contribution in [1.29, 1.82) is 0 Å². The molecule has 1 aliphatic rings. The summed E-state index contributed by atoms with van der Waals surface area (Å²) in [5, 5.41) is 2.98. The number of nitrogens with zero attached hydrogens (tertiary/aromatic N) is 1. The summed E-state index contributed by atoms with van der Waals surface area (Å²) in [6, 6.07) is -0.199. The van der Waals surface area contributed by atoms with Crippen molar-refractivity contribution in [2.45, 2.75) is 33.2 Å². The van der Waals surface area contributed by atoms with E-state index in [1.807, 2.05) is 6.92 Å². The van der Waals surface area contributed by atoms with E-state index in [1.165, 1.54) is 0 Å². The Morgan fingerprint density at radius 3 is 2.72 bits per heavy atom. The summed E-state index contributed by atoms with van der Waals surface area (Å²) in [7, 11) is 0. The summed E-state index contributed by atoms with van der Waals surface area (Å²) in [4.78, 5) is 14.4. The van der Waals surface area contributed by atoms with E-state index in [-0.39, 0.29) is 11.9 Å². The first-order chi connectivity index (χ1) is 8.54. The fourth-order valence-electron chi connectivity index (χ4n) is 2.20. The summed E-state index contributed by atoms with van der Waals surface area (Å²) in [6.45, 7) is 10.7. The highest BCUT2D eigenvalue weighted by atomic mass is 16.5. The highest BCUT2D eigenvalue weighted by Crippen LogP contribution is 2.26. The van der Waals surface area contributed by atoms with Crippen LogP contribution in [-0.4, -0.2) is 56.2 Å². The molecule has 0 radical (unpaired) electrons. The maximum atomic E-state index is 12.1. The number of hydrogen-bond acceptors (Lipinski definition) is 4. The first kappa shape index (κ1) is 15.4. The molecule has 1 rings (SSSR count). The van der Waals surface area contributed by atoms with Crippen molar-refractivity contribution < 1.29 is 9.53 Å². The molecule has 1 aliphatic heterocycles. The Labute approximate surface area is 110 Å².